The number of hydrogen-bond acceptors (Lipinski definition) is 4. The topological polar surface area (TPSA) is 63.8 Å². The fraction of sp³-hybridized carbons (Fsp3) is 0.444. The third kappa shape index (κ3) is 1.82. The molecule has 0 spiro atoms. The lowest BCUT2D eigenvalue weighted by atomic mass is 10.2. The molecule has 0 radical (unpaired) electrons. The lowest BCUT2D eigenvalue weighted by molar-refractivity contribution is 0.811. The van der Waals surface area contributed by atoms with Gasteiger partial charge < -0.3 is 11.1 Å². The molecule has 1 aromatic rings. The Morgan fingerprint density at radius 2 is 2.36 bits per heavy atom. The Morgan fingerprint density at radius 1 is 1.64 bits per heavy atom. The summed E-state index contributed by atoms with van der Waals surface area (Å²) in [6.07, 6.45) is 3.90. The van der Waals surface area contributed by atoms with Gasteiger partial charge in [-0.1, -0.05) is 12.2 Å². The van der Waals surface area contributed by atoms with Crippen molar-refractivity contribution in [3.8, 4) is 0 Å². The van der Waals surface area contributed by atoms with Gasteiger partial charge in [-0.15, -0.1) is 5.10 Å². The third-order valence-electron chi connectivity index (χ3n) is 2.41. The second kappa shape index (κ2) is 3.16. The van der Waals surface area contributed by atoms with Crippen molar-refractivity contribution in [1.82, 2.24) is 10.2 Å². The van der Waals surface area contributed by atoms with E-state index in [1.54, 1.807) is 12.3 Å². The molecular formula is C9H12N4S. The Balaban J connectivity index is 2.27. The van der Waals surface area contributed by atoms with Crippen molar-refractivity contribution >= 4 is 23.0 Å². The van der Waals surface area contributed by atoms with Crippen LogP contribution in [-0.4, -0.2) is 20.7 Å². The maximum Gasteiger partial charge on any atom is 0.159 e. The van der Waals surface area contributed by atoms with Crippen LogP contribution in [0.15, 0.2) is 12.3 Å². The maximum absolute atomic E-state index is 5.58. The van der Waals surface area contributed by atoms with Crippen LogP contribution in [0.5, 0.6) is 0 Å². The highest BCUT2D eigenvalue weighted by Crippen LogP contribution is 2.38. The van der Waals surface area contributed by atoms with Crippen molar-refractivity contribution in [2.45, 2.75) is 25.3 Å². The molecule has 1 heterocycles. The van der Waals surface area contributed by atoms with E-state index in [1.165, 1.54) is 0 Å². The van der Waals surface area contributed by atoms with Gasteiger partial charge in [0.25, 0.3) is 0 Å². The summed E-state index contributed by atoms with van der Waals surface area (Å²) in [7, 11) is 0. The van der Waals surface area contributed by atoms with Gasteiger partial charge in [0.2, 0.25) is 0 Å². The predicted molar refractivity (Wildman–Crippen MR) is 59.2 cm³/mol. The summed E-state index contributed by atoms with van der Waals surface area (Å²) < 4.78 is 0. The lowest BCUT2D eigenvalue weighted by Crippen LogP contribution is -2.21. The number of thiocarbonyl (C=S) groups is 1. The molecule has 0 atom stereocenters. The lowest BCUT2D eigenvalue weighted by Gasteiger charge is -2.13. The van der Waals surface area contributed by atoms with E-state index >= 15 is 0 Å². The number of nitrogens with one attached hydrogen (secondary N) is 1. The van der Waals surface area contributed by atoms with Gasteiger partial charge in [-0.25, -0.2) is 0 Å². The first-order valence-electron chi connectivity index (χ1n) is 4.50. The highest BCUT2D eigenvalue weighted by atomic mass is 32.1. The molecule has 1 aliphatic rings. The molecule has 0 aromatic carbocycles. The smallest absolute Gasteiger partial charge is 0.159 e. The van der Waals surface area contributed by atoms with Gasteiger partial charge >= 0.3 is 0 Å². The maximum atomic E-state index is 5.58. The standard InChI is InChI=1S/C9H12N4S/c1-9(3-4-9)12-8-6(7(10)14)2-5-11-13-8/h2,5H,3-4H2,1H3,(H2,10,14)(H,12,13). The molecule has 0 unspecified atom stereocenters. The van der Waals surface area contributed by atoms with E-state index in [0.29, 0.717) is 10.8 Å². The summed E-state index contributed by atoms with van der Waals surface area (Å²) in [6, 6.07) is 1.78. The van der Waals surface area contributed by atoms with E-state index in [-0.39, 0.29) is 5.54 Å². The first-order chi connectivity index (χ1) is 6.61. The highest BCUT2D eigenvalue weighted by Gasteiger charge is 2.38. The molecule has 3 N–H and O–H groups in total. The van der Waals surface area contributed by atoms with Crippen molar-refractivity contribution in [3.63, 3.8) is 0 Å². The van der Waals surface area contributed by atoms with E-state index in [4.69, 9.17) is 18.0 Å². The number of hydrogen-bond donors (Lipinski definition) is 2. The van der Waals surface area contributed by atoms with Crippen LogP contribution in [-0.2, 0) is 0 Å². The molecule has 2 rings (SSSR count). The molecule has 74 valence electrons. The molecule has 5 heteroatoms. The summed E-state index contributed by atoms with van der Waals surface area (Å²) in [6.45, 7) is 2.14. The zero-order chi connectivity index (χ0) is 10.2. The van der Waals surface area contributed by atoms with Crippen molar-refractivity contribution in [3.05, 3.63) is 17.8 Å². The Morgan fingerprint density at radius 3 is 2.93 bits per heavy atom. The van der Waals surface area contributed by atoms with Gasteiger partial charge in [0, 0.05) is 5.54 Å². The van der Waals surface area contributed by atoms with Gasteiger partial charge in [-0.05, 0) is 25.8 Å². The van der Waals surface area contributed by atoms with Crippen LogP contribution in [0.25, 0.3) is 0 Å². The second-order valence-electron chi connectivity index (χ2n) is 3.84. The molecule has 1 saturated carbocycles. The van der Waals surface area contributed by atoms with Crippen LogP contribution in [0, 0.1) is 0 Å². The third-order valence-corrected chi connectivity index (χ3v) is 2.63. The van der Waals surface area contributed by atoms with E-state index in [9.17, 15) is 0 Å². The molecule has 1 aromatic heterocycles. The van der Waals surface area contributed by atoms with Gasteiger partial charge in [0.15, 0.2) is 5.82 Å². The van der Waals surface area contributed by atoms with Crippen molar-refractivity contribution in [2.24, 2.45) is 5.73 Å². The first kappa shape index (κ1) is 9.33. The van der Waals surface area contributed by atoms with E-state index < -0.39 is 0 Å². The van der Waals surface area contributed by atoms with E-state index in [2.05, 4.69) is 22.4 Å². The summed E-state index contributed by atoms with van der Waals surface area (Å²) in [5.41, 5.74) is 6.51. The highest BCUT2D eigenvalue weighted by molar-refractivity contribution is 7.80. The molecule has 1 aliphatic carbocycles. The molecule has 4 nitrogen and oxygen atoms in total. The van der Waals surface area contributed by atoms with Crippen LogP contribution >= 0.6 is 12.2 Å². The van der Waals surface area contributed by atoms with Gasteiger partial charge in [0.05, 0.1) is 11.8 Å². The molecule has 14 heavy (non-hydrogen) atoms. The summed E-state index contributed by atoms with van der Waals surface area (Å²) >= 11 is 4.93. The largest absolute Gasteiger partial charge is 0.389 e. The van der Waals surface area contributed by atoms with Crippen LogP contribution in [0.3, 0.4) is 0 Å². The van der Waals surface area contributed by atoms with Gasteiger partial charge in [-0.2, -0.15) is 5.10 Å². The summed E-state index contributed by atoms with van der Waals surface area (Å²) in [4.78, 5) is 0.353. The van der Waals surface area contributed by atoms with Crippen molar-refractivity contribution in [1.29, 1.82) is 0 Å². The summed E-state index contributed by atoms with van der Waals surface area (Å²) in [5.74, 6) is 0.694. The van der Waals surface area contributed by atoms with Crippen LogP contribution in [0.1, 0.15) is 25.3 Å². The van der Waals surface area contributed by atoms with Crippen LogP contribution in [0.2, 0.25) is 0 Å². The van der Waals surface area contributed by atoms with Gasteiger partial charge in [0.1, 0.15) is 4.99 Å². The van der Waals surface area contributed by atoms with E-state index in [0.717, 1.165) is 18.4 Å². The number of nitrogens with zero attached hydrogens (tertiary/aromatic N) is 2. The molecule has 0 bridgehead atoms. The SMILES string of the molecule is CC1(Nc2nnccc2C(N)=S)CC1. The fourth-order valence-electron chi connectivity index (χ4n) is 1.22. The molecule has 0 amide bonds. The minimum atomic E-state index is 0.162. The average Bonchev–Trinajstić information content (AvgIpc) is 2.84. The molecular weight excluding hydrogens is 196 g/mol. The van der Waals surface area contributed by atoms with Crippen molar-refractivity contribution in [2.75, 3.05) is 5.32 Å². The predicted octanol–water partition coefficient (Wildman–Crippen LogP) is 1.08. The Labute approximate surface area is 87.9 Å². The monoisotopic (exact) mass is 208 g/mol. The normalized spacial score (nSPS) is 17.5. The number of aromatic nitrogens is 2. The minimum absolute atomic E-state index is 0.162. The average molecular weight is 208 g/mol. The number of rotatable bonds is 3. The minimum Gasteiger partial charge on any atom is -0.389 e. The Kier molecular flexibility index (Phi) is 2.11. The van der Waals surface area contributed by atoms with Crippen LogP contribution in [0.4, 0.5) is 5.82 Å². The first-order valence-corrected chi connectivity index (χ1v) is 4.91. The quantitative estimate of drug-likeness (QED) is 0.728. The molecule has 1 fully saturated rings. The Bertz CT molecular complexity index is 373. The zero-order valence-corrected chi connectivity index (χ0v) is 8.77. The number of anilines is 1. The van der Waals surface area contributed by atoms with E-state index in [1.807, 2.05) is 0 Å². The van der Waals surface area contributed by atoms with Crippen LogP contribution < -0.4 is 11.1 Å². The van der Waals surface area contributed by atoms with Gasteiger partial charge in [-0.3, -0.25) is 0 Å². The second-order valence-corrected chi connectivity index (χ2v) is 4.28. The fourth-order valence-corrected chi connectivity index (χ4v) is 1.39. The Hall–Kier alpha value is -1.23. The molecule has 0 saturated heterocycles. The zero-order valence-electron chi connectivity index (χ0n) is 7.95. The molecule has 0 aliphatic heterocycles. The van der Waals surface area contributed by atoms with Crippen molar-refractivity contribution < 1.29 is 0 Å². The summed E-state index contributed by atoms with van der Waals surface area (Å²) in [5, 5.41) is 11.1. The number of nitrogens with two attached hydrogens (primary N) is 1.